The fourth-order valence-electron chi connectivity index (χ4n) is 2.83. The third kappa shape index (κ3) is 4.01. The minimum absolute atomic E-state index is 0.0679. The normalized spacial score (nSPS) is 17.2. The molecular weight excluding hydrogens is 389 g/mol. The lowest BCUT2D eigenvalue weighted by Gasteiger charge is -2.22. The van der Waals surface area contributed by atoms with E-state index in [0.717, 1.165) is 6.42 Å². The quantitative estimate of drug-likeness (QED) is 0.581. The zero-order valence-corrected chi connectivity index (χ0v) is 15.9. The molecule has 2 heterocycles. The summed E-state index contributed by atoms with van der Waals surface area (Å²) in [4.78, 5) is 0. The molecule has 1 atom stereocenters. The highest BCUT2D eigenvalue weighted by atomic mass is 35.5. The van der Waals surface area contributed by atoms with Crippen LogP contribution in [0.2, 0.25) is 5.02 Å². The molecule has 0 amide bonds. The van der Waals surface area contributed by atoms with Gasteiger partial charge in [-0.2, -0.15) is 0 Å². The van der Waals surface area contributed by atoms with Gasteiger partial charge in [0.05, 0.1) is 23.4 Å². The first-order valence-corrected chi connectivity index (χ1v) is 9.88. The van der Waals surface area contributed by atoms with Crippen molar-refractivity contribution in [3.8, 4) is 17.1 Å². The number of rotatable bonds is 5. The van der Waals surface area contributed by atoms with Crippen molar-refractivity contribution >= 4 is 23.4 Å². The molecule has 1 saturated heterocycles. The largest absolute Gasteiger partial charge is 0.355 e. The second-order valence-electron chi connectivity index (χ2n) is 5.99. The van der Waals surface area contributed by atoms with E-state index in [0.29, 0.717) is 46.4 Å². The Morgan fingerprint density at radius 1 is 1.15 bits per heavy atom. The van der Waals surface area contributed by atoms with Crippen LogP contribution in [0.15, 0.2) is 53.7 Å². The molecule has 3 aromatic rings. The van der Waals surface area contributed by atoms with E-state index < -0.39 is 0 Å². The van der Waals surface area contributed by atoms with Crippen molar-refractivity contribution in [2.45, 2.75) is 17.7 Å². The monoisotopic (exact) mass is 405 g/mol. The Bertz CT molecular complexity index is 931. The Morgan fingerprint density at radius 3 is 2.74 bits per heavy atom. The van der Waals surface area contributed by atoms with Gasteiger partial charge in [0.25, 0.3) is 0 Å². The number of ether oxygens (including phenoxy) is 2. The third-order valence-electron chi connectivity index (χ3n) is 4.21. The summed E-state index contributed by atoms with van der Waals surface area (Å²) < 4.78 is 27.1. The van der Waals surface area contributed by atoms with Gasteiger partial charge in [0.2, 0.25) is 0 Å². The molecule has 0 unspecified atom stereocenters. The van der Waals surface area contributed by atoms with E-state index in [9.17, 15) is 4.39 Å². The van der Waals surface area contributed by atoms with Crippen molar-refractivity contribution in [2.24, 2.45) is 0 Å². The second kappa shape index (κ2) is 8.39. The second-order valence-corrected chi connectivity index (χ2v) is 7.38. The van der Waals surface area contributed by atoms with Gasteiger partial charge in [0.1, 0.15) is 12.6 Å². The first-order chi connectivity index (χ1) is 13.2. The van der Waals surface area contributed by atoms with E-state index in [1.54, 1.807) is 28.8 Å². The summed E-state index contributed by atoms with van der Waals surface area (Å²) in [7, 11) is 0. The smallest absolute Gasteiger partial charge is 0.196 e. The van der Waals surface area contributed by atoms with Gasteiger partial charge in [0, 0.05) is 11.3 Å². The Labute approximate surface area is 165 Å². The first-order valence-electron chi connectivity index (χ1n) is 8.51. The summed E-state index contributed by atoms with van der Waals surface area (Å²) in [6.07, 6.45) is 0.886. The average Bonchev–Trinajstić information content (AvgIpc) is 3.11. The molecule has 1 fully saturated rings. The topological polar surface area (TPSA) is 49.2 Å². The number of hydrogen-bond donors (Lipinski definition) is 0. The molecule has 1 aliphatic rings. The highest BCUT2D eigenvalue weighted by Gasteiger charge is 2.22. The van der Waals surface area contributed by atoms with Crippen molar-refractivity contribution in [3.05, 3.63) is 59.4 Å². The molecule has 1 aromatic heterocycles. The van der Waals surface area contributed by atoms with Gasteiger partial charge in [0.15, 0.2) is 11.0 Å². The maximum atomic E-state index is 14.6. The van der Waals surface area contributed by atoms with Gasteiger partial charge in [-0.15, -0.1) is 10.2 Å². The molecule has 1 aliphatic heterocycles. The zero-order valence-electron chi connectivity index (χ0n) is 14.3. The number of thioether (sulfide) groups is 1. The van der Waals surface area contributed by atoms with Crippen molar-refractivity contribution in [1.29, 1.82) is 0 Å². The Kier molecular flexibility index (Phi) is 5.73. The van der Waals surface area contributed by atoms with Crippen LogP contribution in [0.3, 0.4) is 0 Å². The third-order valence-corrected chi connectivity index (χ3v) is 5.60. The number of halogens is 2. The molecule has 0 spiro atoms. The summed E-state index contributed by atoms with van der Waals surface area (Å²) in [5.74, 6) is 0.828. The Morgan fingerprint density at radius 2 is 1.96 bits per heavy atom. The van der Waals surface area contributed by atoms with E-state index in [2.05, 4.69) is 10.2 Å². The molecule has 0 N–H and O–H groups in total. The first kappa shape index (κ1) is 18.4. The molecule has 2 aromatic carbocycles. The van der Waals surface area contributed by atoms with Crippen molar-refractivity contribution in [3.63, 3.8) is 0 Å². The van der Waals surface area contributed by atoms with Crippen LogP contribution in [0.4, 0.5) is 4.39 Å². The van der Waals surface area contributed by atoms with Gasteiger partial charge in [-0.1, -0.05) is 47.6 Å². The summed E-state index contributed by atoms with van der Waals surface area (Å²) in [5, 5.41) is 9.73. The molecule has 0 saturated carbocycles. The van der Waals surface area contributed by atoms with Gasteiger partial charge >= 0.3 is 0 Å². The standard InChI is InChI=1S/C19H17ClFN3O2S/c20-15-6-2-1-5-14(15)18-22-23-19(27-11-13-9-10-25-12-26-13)24(18)17-8-4-3-7-16(17)21/h1-8,13H,9-12H2/t13-/m1/s1. The van der Waals surface area contributed by atoms with Gasteiger partial charge in [-0.25, -0.2) is 4.39 Å². The molecule has 4 rings (SSSR count). The van der Waals surface area contributed by atoms with Crippen LogP contribution in [0.1, 0.15) is 6.42 Å². The van der Waals surface area contributed by atoms with Crippen LogP contribution in [0, 0.1) is 5.82 Å². The average molecular weight is 406 g/mol. The fourth-order valence-corrected chi connectivity index (χ4v) is 4.06. The van der Waals surface area contributed by atoms with Gasteiger partial charge < -0.3 is 9.47 Å². The molecule has 0 aliphatic carbocycles. The Balaban J connectivity index is 1.73. The van der Waals surface area contributed by atoms with Crippen LogP contribution in [0.25, 0.3) is 17.1 Å². The Hall–Kier alpha value is -1.93. The van der Waals surface area contributed by atoms with E-state index in [1.807, 2.05) is 18.2 Å². The molecule has 5 nitrogen and oxygen atoms in total. The van der Waals surface area contributed by atoms with Crippen LogP contribution >= 0.6 is 23.4 Å². The van der Waals surface area contributed by atoms with Crippen molar-refractivity contribution < 1.29 is 13.9 Å². The number of hydrogen-bond acceptors (Lipinski definition) is 5. The van der Waals surface area contributed by atoms with Crippen LogP contribution in [-0.2, 0) is 9.47 Å². The van der Waals surface area contributed by atoms with E-state index in [-0.39, 0.29) is 11.9 Å². The minimum Gasteiger partial charge on any atom is -0.355 e. The van der Waals surface area contributed by atoms with Crippen molar-refractivity contribution in [1.82, 2.24) is 14.8 Å². The zero-order chi connectivity index (χ0) is 18.6. The fraction of sp³-hybridized carbons (Fsp3) is 0.263. The highest BCUT2D eigenvalue weighted by molar-refractivity contribution is 7.99. The lowest BCUT2D eigenvalue weighted by atomic mass is 10.2. The number of para-hydroxylation sites is 1. The highest BCUT2D eigenvalue weighted by Crippen LogP contribution is 2.33. The van der Waals surface area contributed by atoms with Crippen LogP contribution in [-0.4, -0.2) is 40.0 Å². The lowest BCUT2D eigenvalue weighted by molar-refractivity contribution is -0.130. The minimum atomic E-state index is -0.352. The van der Waals surface area contributed by atoms with Gasteiger partial charge in [-0.05, 0) is 30.7 Å². The summed E-state index contributed by atoms with van der Waals surface area (Å²) >= 11 is 7.83. The summed E-state index contributed by atoms with van der Waals surface area (Å²) in [5.41, 5.74) is 1.08. The van der Waals surface area contributed by atoms with Crippen molar-refractivity contribution in [2.75, 3.05) is 19.2 Å². The maximum Gasteiger partial charge on any atom is 0.196 e. The molecule has 0 radical (unpaired) electrons. The van der Waals surface area contributed by atoms with E-state index in [4.69, 9.17) is 21.1 Å². The SMILES string of the molecule is Fc1ccccc1-n1c(SC[C@H]2CCOCO2)nnc1-c1ccccc1Cl. The predicted molar refractivity (Wildman–Crippen MR) is 103 cm³/mol. The summed E-state index contributed by atoms with van der Waals surface area (Å²) in [6.45, 7) is 0.978. The number of nitrogens with zero attached hydrogens (tertiary/aromatic N) is 3. The molecule has 140 valence electrons. The number of aromatic nitrogens is 3. The van der Waals surface area contributed by atoms with E-state index >= 15 is 0 Å². The molecule has 8 heteroatoms. The predicted octanol–water partition coefficient (Wildman–Crippen LogP) is 4.58. The molecule has 27 heavy (non-hydrogen) atoms. The lowest BCUT2D eigenvalue weighted by Crippen LogP contribution is -2.25. The van der Waals surface area contributed by atoms with Gasteiger partial charge in [-0.3, -0.25) is 4.57 Å². The summed E-state index contributed by atoms with van der Waals surface area (Å²) in [6, 6.07) is 13.9. The van der Waals surface area contributed by atoms with Crippen LogP contribution < -0.4 is 0 Å². The van der Waals surface area contributed by atoms with Crippen LogP contribution in [0.5, 0.6) is 0 Å². The van der Waals surface area contributed by atoms with E-state index in [1.165, 1.54) is 17.8 Å². The maximum absolute atomic E-state index is 14.6. The number of benzene rings is 2. The molecular formula is C19H17ClFN3O2S. The molecule has 0 bridgehead atoms.